The lowest BCUT2D eigenvalue weighted by molar-refractivity contribution is -0.123. The maximum absolute atomic E-state index is 13.3. The van der Waals surface area contributed by atoms with Crippen LogP contribution >= 0.6 is 0 Å². The van der Waals surface area contributed by atoms with Crippen molar-refractivity contribution in [2.45, 2.75) is 27.7 Å². The van der Waals surface area contributed by atoms with Crippen molar-refractivity contribution in [1.29, 1.82) is 0 Å². The van der Waals surface area contributed by atoms with Crippen LogP contribution in [0.2, 0.25) is 0 Å². The van der Waals surface area contributed by atoms with Gasteiger partial charge in [0.2, 0.25) is 11.8 Å². The maximum atomic E-state index is 13.3. The van der Waals surface area contributed by atoms with Crippen LogP contribution in [0.25, 0.3) is 0 Å². The van der Waals surface area contributed by atoms with Crippen LogP contribution in [0.3, 0.4) is 0 Å². The number of allylic oxidation sites excluding steroid dienone is 4. The van der Waals surface area contributed by atoms with Crippen LogP contribution in [0.4, 0.5) is 5.69 Å². The van der Waals surface area contributed by atoms with Gasteiger partial charge in [-0.15, -0.1) is 0 Å². The summed E-state index contributed by atoms with van der Waals surface area (Å²) >= 11 is 0. The Kier molecular flexibility index (Phi) is 4.06. The van der Waals surface area contributed by atoms with Gasteiger partial charge in [0.25, 0.3) is 0 Å². The normalized spacial score (nSPS) is 28.1. The van der Waals surface area contributed by atoms with Crippen LogP contribution in [0, 0.1) is 23.7 Å². The predicted molar refractivity (Wildman–Crippen MR) is 102 cm³/mol. The van der Waals surface area contributed by atoms with Crippen molar-refractivity contribution in [2.75, 3.05) is 11.5 Å². The quantitative estimate of drug-likeness (QED) is 0.465. The third kappa shape index (κ3) is 2.41. The van der Waals surface area contributed by atoms with E-state index in [4.69, 9.17) is 4.74 Å². The second kappa shape index (κ2) is 6.19. The molecule has 2 aliphatic carbocycles. The van der Waals surface area contributed by atoms with E-state index in [2.05, 4.69) is 12.2 Å². The molecule has 3 aliphatic rings. The second-order valence-corrected chi connectivity index (χ2v) is 7.63. The Labute approximate surface area is 158 Å². The smallest absolute Gasteiger partial charge is 0.238 e. The number of carbonyl (C=O) groups is 3. The number of ketones is 1. The van der Waals surface area contributed by atoms with E-state index >= 15 is 0 Å². The first kappa shape index (κ1) is 17.7. The summed E-state index contributed by atoms with van der Waals surface area (Å²) in [5, 5.41) is 0. The van der Waals surface area contributed by atoms with Gasteiger partial charge in [0.05, 0.1) is 24.1 Å². The van der Waals surface area contributed by atoms with Crippen LogP contribution in [-0.4, -0.2) is 24.2 Å². The fraction of sp³-hybridized carbons (Fsp3) is 0.409. The van der Waals surface area contributed by atoms with Gasteiger partial charge >= 0.3 is 0 Å². The number of amides is 2. The highest BCUT2D eigenvalue weighted by molar-refractivity contribution is 6.24. The molecule has 5 heteroatoms. The van der Waals surface area contributed by atoms with Gasteiger partial charge in [0, 0.05) is 17.4 Å². The lowest BCUT2D eigenvalue weighted by Crippen LogP contribution is -2.33. The summed E-state index contributed by atoms with van der Waals surface area (Å²) < 4.78 is 5.65. The maximum Gasteiger partial charge on any atom is 0.238 e. The lowest BCUT2D eigenvalue weighted by atomic mass is 9.85. The van der Waals surface area contributed by atoms with Crippen molar-refractivity contribution in [1.82, 2.24) is 0 Å². The average Bonchev–Trinajstić information content (AvgIpc) is 3.26. The number of fused-ring (bicyclic) bond motifs is 5. The first-order chi connectivity index (χ1) is 12.9. The van der Waals surface area contributed by atoms with E-state index in [9.17, 15) is 14.4 Å². The van der Waals surface area contributed by atoms with Crippen molar-refractivity contribution in [3.63, 3.8) is 0 Å². The molecule has 1 aliphatic heterocycles. The number of nitrogens with zero attached hydrogens (tertiary/aromatic N) is 1. The van der Waals surface area contributed by atoms with Crippen LogP contribution in [0.15, 0.2) is 41.5 Å². The monoisotopic (exact) mass is 365 g/mol. The highest BCUT2D eigenvalue weighted by Crippen LogP contribution is 2.57. The molecule has 1 aromatic carbocycles. The van der Waals surface area contributed by atoms with E-state index in [1.54, 1.807) is 18.2 Å². The van der Waals surface area contributed by atoms with Gasteiger partial charge in [-0.1, -0.05) is 23.3 Å². The number of Topliss-reactive ketones (excluding diaryl/α,β-unsaturated/α-hetero) is 1. The van der Waals surface area contributed by atoms with E-state index in [-0.39, 0.29) is 41.3 Å². The fourth-order valence-corrected chi connectivity index (χ4v) is 4.86. The van der Waals surface area contributed by atoms with Crippen LogP contribution < -0.4 is 9.64 Å². The number of imide groups is 1. The molecule has 1 saturated heterocycles. The zero-order valence-corrected chi connectivity index (χ0v) is 16.0. The van der Waals surface area contributed by atoms with E-state index in [1.165, 1.54) is 23.0 Å². The molecule has 0 unspecified atom stereocenters. The van der Waals surface area contributed by atoms with E-state index in [0.29, 0.717) is 23.6 Å². The number of benzene rings is 1. The topological polar surface area (TPSA) is 63.7 Å². The van der Waals surface area contributed by atoms with Gasteiger partial charge in [0.1, 0.15) is 5.75 Å². The molecule has 0 spiro atoms. The minimum absolute atomic E-state index is 0.00187. The van der Waals surface area contributed by atoms with Crippen LogP contribution in [-0.2, 0) is 9.59 Å². The number of carbonyl (C=O) groups excluding carboxylic acids is 3. The van der Waals surface area contributed by atoms with Gasteiger partial charge < -0.3 is 4.74 Å². The summed E-state index contributed by atoms with van der Waals surface area (Å²) in [6.45, 7) is 7.80. The van der Waals surface area contributed by atoms with Gasteiger partial charge in [0.15, 0.2) is 5.78 Å². The Morgan fingerprint density at radius 1 is 1.04 bits per heavy atom. The van der Waals surface area contributed by atoms with Crippen molar-refractivity contribution in [3.8, 4) is 5.75 Å². The molecule has 0 radical (unpaired) electrons. The minimum atomic E-state index is -0.354. The van der Waals surface area contributed by atoms with Crippen molar-refractivity contribution >= 4 is 23.3 Å². The van der Waals surface area contributed by atoms with Crippen LogP contribution in [0.5, 0.6) is 5.75 Å². The number of rotatable bonds is 4. The number of anilines is 1. The molecule has 2 fully saturated rings. The second-order valence-electron chi connectivity index (χ2n) is 7.63. The molecule has 5 nitrogen and oxygen atoms in total. The van der Waals surface area contributed by atoms with Gasteiger partial charge in [-0.05, 0) is 45.9 Å². The average molecular weight is 365 g/mol. The summed E-state index contributed by atoms with van der Waals surface area (Å²) in [5.41, 5.74) is 3.24. The number of hydrogen-bond acceptors (Lipinski definition) is 4. The summed E-state index contributed by atoms with van der Waals surface area (Å²) in [4.78, 5) is 39.7. The molecule has 0 aromatic heterocycles. The Morgan fingerprint density at radius 3 is 2.11 bits per heavy atom. The summed E-state index contributed by atoms with van der Waals surface area (Å²) in [6.07, 6.45) is 4.14. The molecule has 140 valence electrons. The molecule has 4 atom stereocenters. The molecule has 4 rings (SSSR count). The third-order valence-corrected chi connectivity index (χ3v) is 5.90. The van der Waals surface area contributed by atoms with Crippen molar-refractivity contribution < 1.29 is 19.1 Å². The van der Waals surface area contributed by atoms with Gasteiger partial charge in [-0.3, -0.25) is 14.4 Å². The Morgan fingerprint density at radius 2 is 1.63 bits per heavy atom. The van der Waals surface area contributed by atoms with E-state index in [0.717, 1.165) is 0 Å². The zero-order valence-electron chi connectivity index (χ0n) is 16.0. The molecular formula is C22H23NO4. The highest BCUT2D eigenvalue weighted by Gasteiger charge is 2.62. The summed E-state index contributed by atoms with van der Waals surface area (Å²) in [5.74, 6) is -0.764. The third-order valence-electron chi connectivity index (χ3n) is 5.90. The molecule has 1 aromatic rings. The summed E-state index contributed by atoms with van der Waals surface area (Å²) in [7, 11) is 0. The highest BCUT2D eigenvalue weighted by atomic mass is 16.5. The molecule has 2 amide bonds. The van der Waals surface area contributed by atoms with Gasteiger partial charge in [-0.25, -0.2) is 4.90 Å². The number of hydrogen-bond donors (Lipinski definition) is 0. The number of ether oxygens (including phenoxy) is 1. The molecular weight excluding hydrogens is 342 g/mol. The van der Waals surface area contributed by atoms with E-state index < -0.39 is 0 Å². The first-order valence-corrected chi connectivity index (χ1v) is 9.38. The molecule has 1 heterocycles. The molecule has 2 bridgehead atoms. The van der Waals surface area contributed by atoms with Crippen molar-refractivity contribution in [3.05, 3.63) is 47.1 Å². The standard InChI is InChI=1S/C22H23NO4/c1-5-27-17-9-6-13(12(4)24)10-16(17)23-21(25)19-14-7-8-15(18(14)11(2)3)20(19)22(23)26/h6-10,14-15,19-20H,5H2,1-4H3/t14-,15-,19+,20+/m1/s1. The Hall–Kier alpha value is -2.69. The lowest BCUT2D eigenvalue weighted by Gasteiger charge is -2.22. The van der Waals surface area contributed by atoms with Crippen molar-refractivity contribution in [2.24, 2.45) is 23.7 Å². The van der Waals surface area contributed by atoms with E-state index in [1.807, 2.05) is 20.8 Å². The SMILES string of the molecule is CCOc1ccc(C(C)=O)cc1N1C(=O)[C@@H]2[C@@H](C1=O)[C@@H]1C=C[C@@H]2C1=C(C)C. The Bertz CT molecular complexity index is 888. The zero-order chi connectivity index (χ0) is 19.5. The first-order valence-electron chi connectivity index (χ1n) is 9.38. The minimum Gasteiger partial charge on any atom is -0.492 e. The van der Waals surface area contributed by atoms with Crippen LogP contribution in [0.1, 0.15) is 38.1 Å². The fourth-order valence-electron chi connectivity index (χ4n) is 4.86. The van der Waals surface area contributed by atoms with Gasteiger partial charge in [-0.2, -0.15) is 0 Å². The molecule has 27 heavy (non-hydrogen) atoms. The summed E-state index contributed by atoms with van der Waals surface area (Å²) in [6, 6.07) is 4.93. The molecule has 1 saturated carbocycles. The molecule has 0 N–H and O–H groups in total. The largest absolute Gasteiger partial charge is 0.492 e. The predicted octanol–water partition coefficient (Wildman–Crippen LogP) is 3.55. The Balaban J connectivity index is 1.79.